The Labute approximate surface area is 85.9 Å². The second-order valence-corrected chi connectivity index (χ2v) is 3.67. The zero-order valence-corrected chi connectivity index (χ0v) is 9.30. The molecule has 4 nitrogen and oxygen atoms in total. The third-order valence-corrected chi connectivity index (χ3v) is 2.57. The lowest BCUT2D eigenvalue weighted by molar-refractivity contribution is 0.186. The molecule has 82 valence electrons. The number of hydrogen-bond acceptors (Lipinski definition) is 4. The minimum atomic E-state index is -0.359. The molecule has 0 radical (unpaired) electrons. The number of aliphatic hydroxyl groups is 1. The highest BCUT2D eigenvalue weighted by atomic mass is 16.3. The number of allylic oxidation sites excluding steroid dienone is 1. The van der Waals surface area contributed by atoms with Crippen molar-refractivity contribution in [3.05, 3.63) is 11.4 Å². The molecule has 4 heteroatoms. The lowest BCUT2D eigenvalue weighted by Crippen LogP contribution is -2.36. The van der Waals surface area contributed by atoms with Crippen molar-refractivity contribution in [2.24, 2.45) is 0 Å². The van der Waals surface area contributed by atoms with Gasteiger partial charge in [0.05, 0.1) is 17.5 Å². The summed E-state index contributed by atoms with van der Waals surface area (Å²) < 4.78 is 0. The van der Waals surface area contributed by atoms with E-state index in [2.05, 4.69) is 24.8 Å². The van der Waals surface area contributed by atoms with Crippen molar-refractivity contribution < 1.29 is 5.11 Å². The topological polar surface area (TPSA) is 47.5 Å². The largest absolute Gasteiger partial charge is 0.387 e. The number of hydrazine groups is 2. The van der Waals surface area contributed by atoms with Crippen molar-refractivity contribution in [1.29, 1.82) is 0 Å². The van der Waals surface area contributed by atoms with Crippen LogP contribution in [0.4, 0.5) is 0 Å². The fourth-order valence-corrected chi connectivity index (χ4v) is 1.71. The van der Waals surface area contributed by atoms with Gasteiger partial charge in [-0.3, -0.25) is 5.01 Å². The van der Waals surface area contributed by atoms with Crippen molar-refractivity contribution in [2.75, 3.05) is 7.05 Å². The predicted molar refractivity (Wildman–Crippen MR) is 56.9 cm³/mol. The van der Waals surface area contributed by atoms with Gasteiger partial charge in [-0.2, -0.15) is 0 Å². The van der Waals surface area contributed by atoms with Crippen LogP contribution in [0.5, 0.6) is 0 Å². The summed E-state index contributed by atoms with van der Waals surface area (Å²) in [5, 5.41) is 11.8. The highest BCUT2D eigenvalue weighted by Gasteiger charge is 2.22. The molecule has 0 saturated carbocycles. The third-order valence-electron chi connectivity index (χ3n) is 2.57. The minimum Gasteiger partial charge on any atom is -0.387 e. The Bertz CT molecular complexity index is 215. The monoisotopic (exact) mass is 199 g/mol. The Morgan fingerprint density at radius 3 is 2.71 bits per heavy atom. The van der Waals surface area contributed by atoms with E-state index in [0.717, 1.165) is 37.1 Å². The number of aliphatic hydroxyl groups excluding tert-OH is 1. The van der Waals surface area contributed by atoms with Crippen LogP contribution in [0.3, 0.4) is 0 Å². The zero-order valence-electron chi connectivity index (χ0n) is 9.30. The second kappa shape index (κ2) is 5.22. The summed E-state index contributed by atoms with van der Waals surface area (Å²) in [6.07, 6.45) is 3.58. The molecule has 1 aliphatic rings. The average Bonchev–Trinajstić information content (AvgIpc) is 2.55. The Morgan fingerprint density at radius 1 is 1.43 bits per heavy atom. The van der Waals surface area contributed by atoms with Crippen molar-refractivity contribution >= 4 is 0 Å². The summed E-state index contributed by atoms with van der Waals surface area (Å²) in [5.41, 5.74) is 8.08. The molecule has 1 heterocycles. The van der Waals surface area contributed by atoms with Gasteiger partial charge in [0.25, 0.3) is 0 Å². The lowest BCUT2D eigenvalue weighted by atomic mass is 10.1. The van der Waals surface area contributed by atoms with Gasteiger partial charge in [0.15, 0.2) is 0 Å². The predicted octanol–water partition coefficient (Wildman–Crippen LogP) is 1.11. The highest BCUT2D eigenvalue weighted by molar-refractivity contribution is 5.17. The first-order valence-electron chi connectivity index (χ1n) is 5.37. The van der Waals surface area contributed by atoms with E-state index in [1.54, 1.807) is 0 Å². The van der Waals surface area contributed by atoms with E-state index >= 15 is 0 Å². The molecule has 14 heavy (non-hydrogen) atoms. The van der Waals surface area contributed by atoms with Crippen LogP contribution in [0.15, 0.2) is 11.4 Å². The van der Waals surface area contributed by atoms with Crippen LogP contribution >= 0.6 is 0 Å². The van der Waals surface area contributed by atoms with Gasteiger partial charge in [0.1, 0.15) is 0 Å². The van der Waals surface area contributed by atoms with Crippen molar-refractivity contribution in [3.63, 3.8) is 0 Å². The SMILES string of the molecule is CCCCC(O)C1=C(CC)N(C)NN1. The third kappa shape index (κ3) is 2.39. The lowest BCUT2D eigenvalue weighted by Gasteiger charge is -2.13. The first-order valence-corrected chi connectivity index (χ1v) is 5.37. The molecular formula is C10H21N3O. The Kier molecular flexibility index (Phi) is 4.22. The van der Waals surface area contributed by atoms with Gasteiger partial charge >= 0.3 is 0 Å². The molecule has 0 aliphatic carbocycles. The van der Waals surface area contributed by atoms with Crippen molar-refractivity contribution in [2.45, 2.75) is 45.6 Å². The molecule has 0 saturated heterocycles. The Morgan fingerprint density at radius 2 is 2.14 bits per heavy atom. The molecule has 1 rings (SSSR count). The van der Waals surface area contributed by atoms with E-state index in [9.17, 15) is 5.11 Å². The van der Waals surface area contributed by atoms with Gasteiger partial charge in [-0.05, 0) is 12.8 Å². The summed E-state index contributed by atoms with van der Waals surface area (Å²) in [6.45, 7) is 4.22. The van der Waals surface area contributed by atoms with Crippen LogP contribution in [0.1, 0.15) is 39.5 Å². The molecule has 3 N–H and O–H groups in total. The summed E-state index contributed by atoms with van der Waals surface area (Å²) in [7, 11) is 1.95. The minimum absolute atomic E-state index is 0.359. The van der Waals surface area contributed by atoms with E-state index in [1.807, 2.05) is 12.1 Å². The molecule has 0 amide bonds. The van der Waals surface area contributed by atoms with Crippen LogP contribution in [0.2, 0.25) is 0 Å². The molecule has 1 unspecified atom stereocenters. The van der Waals surface area contributed by atoms with Gasteiger partial charge in [-0.25, -0.2) is 0 Å². The van der Waals surface area contributed by atoms with E-state index in [0.29, 0.717) is 0 Å². The molecule has 0 fully saturated rings. The van der Waals surface area contributed by atoms with Gasteiger partial charge < -0.3 is 10.5 Å². The second-order valence-electron chi connectivity index (χ2n) is 3.67. The standard InChI is InChI=1S/C10H21N3O/c1-4-6-7-9(14)10-8(5-2)13(3)12-11-10/h9,11-12,14H,4-7H2,1-3H3. The normalized spacial score (nSPS) is 18.7. The van der Waals surface area contributed by atoms with Gasteiger partial charge in [0, 0.05) is 7.05 Å². The summed E-state index contributed by atoms with van der Waals surface area (Å²) in [6, 6.07) is 0. The maximum atomic E-state index is 9.91. The first-order chi connectivity index (χ1) is 6.70. The van der Waals surface area contributed by atoms with E-state index in [-0.39, 0.29) is 6.10 Å². The molecule has 0 aromatic heterocycles. The van der Waals surface area contributed by atoms with Gasteiger partial charge in [-0.1, -0.05) is 26.7 Å². The maximum Gasteiger partial charge on any atom is 0.0966 e. The van der Waals surface area contributed by atoms with E-state index in [4.69, 9.17) is 0 Å². The van der Waals surface area contributed by atoms with E-state index < -0.39 is 0 Å². The van der Waals surface area contributed by atoms with Crippen LogP contribution < -0.4 is 11.0 Å². The fraction of sp³-hybridized carbons (Fsp3) is 0.800. The summed E-state index contributed by atoms with van der Waals surface area (Å²) >= 11 is 0. The molecule has 1 aliphatic heterocycles. The molecule has 0 bridgehead atoms. The number of rotatable bonds is 5. The van der Waals surface area contributed by atoms with Crippen LogP contribution in [0, 0.1) is 0 Å². The highest BCUT2D eigenvalue weighted by Crippen LogP contribution is 2.19. The zero-order chi connectivity index (χ0) is 10.6. The molecule has 1 atom stereocenters. The van der Waals surface area contributed by atoms with Crippen LogP contribution in [-0.4, -0.2) is 23.3 Å². The smallest absolute Gasteiger partial charge is 0.0966 e. The number of hydrogen-bond donors (Lipinski definition) is 3. The number of unbranched alkanes of at least 4 members (excludes halogenated alkanes) is 1. The van der Waals surface area contributed by atoms with Crippen LogP contribution in [0.25, 0.3) is 0 Å². The molecule has 0 aromatic carbocycles. The maximum absolute atomic E-state index is 9.91. The van der Waals surface area contributed by atoms with E-state index in [1.165, 1.54) is 0 Å². The van der Waals surface area contributed by atoms with Gasteiger partial charge in [-0.15, -0.1) is 5.53 Å². The summed E-state index contributed by atoms with van der Waals surface area (Å²) in [4.78, 5) is 0. The molecule has 0 spiro atoms. The quantitative estimate of drug-likeness (QED) is 0.621. The number of nitrogens with one attached hydrogen (secondary N) is 2. The first kappa shape index (κ1) is 11.3. The van der Waals surface area contributed by atoms with Gasteiger partial charge in [0.2, 0.25) is 0 Å². The molecule has 0 aromatic rings. The Balaban J connectivity index is 2.60. The fourth-order valence-electron chi connectivity index (χ4n) is 1.71. The Hall–Kier alpha value is -0.740. The number of nitrogens with zero attached hydrogens (tertiary/aromatic N) is 1. The van der Waals surface area contributed by atoms with Crippen molar-refractivity contribution in [1.82, 2.24) is 16.0 Å². The molecular weight excluding hydrogens is 178 g/mol. The van der Waals surface area contributed by atoms with Crippen molar-refractivity contribution in [3.8, 4) is 0 Å². The summed E-state index contributed by atoms with van der Waals surface area (Å²) in [5.74, 6) is 0. The van der Waals surface area contributed by atoms with Crippen LogP contribution in [-0.2, 0) is 0 Å². The average molecular weight is 199 g/mol.